The molecule has 0 saturated carbocycles. The van der Waals surface area contributed by atoms with E-state index in [-0.39, 0.29) is 5.92 Å². The highest BCUT2D eigenvalue weighted by Crippen LogP contribution is 2.37. The van der Waals surface area contributed by atoms with Crippen LogP contribution in [0.4, 0.5) is 11.6 Å². The van der Waals surface area contributed by atoms with Crippen LogP contribution in [-0.2, 0) is 0 Å². The zero-order valence-electron chi connectivity index (χ0n) is 15.6. The van der Waals surface area contributed by atoms with Gasteiger partial charge in [0.15, 0.2) is 5.82 Å². The largest absolute Gasteiger partial charge is 0.368 e. The summed E-state index contributed by atoms with van der Waals surface area (Å²) >= 11 is 12.6. The molecule has 0 amide bonds. The molecule has 0 bridgehead atoms. The molecule has 1 atom stereocenters. The molecular formula is C20H20Cl2N6. The second-order valence-electron chi connectivity index (χ2n) is 6.58. The predicted octanol–water partition coefficient (Wildman–Crippen LogP) is 4.69. The molecule has 6 nitrogen and oxygen atoms in total. The molecule has 2 N–H and O–H groups in total. The summed E-state index contributed by atoms with van der Waals surface area (Å²) in [6, 6.07) is 7.45. The van der Waals surface area contributed by atoms with Crippen molar-refractivity contribution in [2.45, 2.75) is 20.3 Å². The lowest BCUT2D eigenvalue weighted by Gasteiger charge is -2.19. The summed E-state index contributed by atoms with van der Waals surface area (Å²) in [6.45, 7) is 5.28. The molecule has 1 aliphatic carbocycles. The smallest absolute Gasteiger partial charge is 0.159 e. The fourth-order valence-corrected chi connectivity index (χ4v) is 3.31. The minimum absolute atomic E-state index is 0.198. The Bertz CT molecular complexity index is 960. The zero-order chi connectivity index (χ0) is 20.1. The van der Waals surface area contributed by atoms with Crippen LogP contribution in [0.3, 0.4) is 0 Å². The van der Waals surface area contributed by atoms with E-state index in [1.54, 1.807) is 24.4 Å². The van der Waals surface area contributed by atoms with Gasteiger partial charge in [-0.2, -0.15) is 5.26 Å². The Morgan fingerprint density at radius 2 is 1.93 bits per heavy atom. The number of nitrogens with zero attached hydrogens (tertiary/aromatic N) is 4. The zero-order valence-corrected chi connectivity index (χ0v) is 17.1. The van der Waals surface area contributed by atoms with Gasteiger partial charge in [0.2, 0.25) is 0 Å². The molecule has 2 aromatic heterocycles. The Balaban J connectivity index is 1.64. The number of nitriles is 1. The Hall–Kier alpha value is -2.62. The van der Waals surface area contributed by atoms with Gasteiger partial charge in [0.1, 0.15) is 17.7 Å². The first-order chi connectivity index (χ1) is 13.5. The molecule has 0 saturated heterocycles. The van der Waals surface area contributed by atoms with Crippen molar-refractivity contribution >= 4 is 40.4 Å². The van der Waals surface area contributed by atoms with Gasteiger partial charge in [-0.1, -0.05) is 30.1 Å². The molecule has 0 radical (unpaired) electrons. The monoisotopic (exact) mass is 414 g/mol. The lowest BCUT2D eigenvalue weighted by atomic mass is 9.95. The van der Waals surface area contributed by atoms with E-state index in [0.29, 0.717) is 35.9 Å². The maximum Gasteiger partial charge on any atom is 0.159 e. The second kappa shape index (κ2) is 9.05. The number of allylic oxidation sites excluding steroid dienone is 4. The van der Waals surface area contributed by atoms with Gasteiger partial charge in [0.05, 0.1) is 5.56 Å². The number of aryl methyl sites for hydroxylation is 1. The van der Waals surface area contributed by atoms with Crippen LogP contribution in [0, 0.1) is 24.2 Å². The van der Waals surface area contributed by atoms with E-state index in [1.165, 1.54) is 0 Å². The number of pyridine rings is 1. The first-order valence-electron chi connectivity index (χ1n) is 8.92. The number of rotatable bonds is 6. The highest BCUT2D eigenvalue weighted by atomic mass is 35.5. The van der Waals surface area contributed by atoms with Crippen molar-refractivity contribution in [3.63, 3.8) is 0 Å². The summed E-state index contributed by atoms with van der Waals surface area (Å²) in [4.78, 5) is 13.3. The quantitative estimate of drug-likeness (QED) is 0.666. The molecule has 2 aromatic rings. The van der Waals surface area contributed by atoms with Crippen LogP contribution in [-0.4, -0.2) is 28.0 Å². The number of anilines is 2. The van der Waals surface area contributed by atoms with E-state index in [4.69, 9.17) is 28.5 Å². The van der Waals surface area contributed by atoms with E-state index in [2.05, 4.69) is 32.5 Å². The van der Waals surface area contributed by atoms with Crippen molar-refractivity contribution in [3.8, 4) is 6.07 Å². The SMILES string of the molecule is Cc1cc(NCCNc2ccc(C#N)cn2)nc(C2=C(Cl)C=C(Cl)[C@@H](C)C2)n1. The second-order valence-corrected chi connectivity index (χ2v) is 7.42. The molecule has 0 fully saturated rings. The highest BCUT2D eigenvalue weighted by molar-refractivity contribution is 6.37. The Kier molecular flexibility index (Phi) is 6.50. The average molecular weight is 415 g/mol. The van der Waals surface area contributed by atoms with Crippen LogP contribution in [0.15, 0.2) is 40.5 Å². The van der Waals surface area contributed by atoms with Crippen LogP contribution in [0.1, 0.15) is 30.4 Å². The van der Waals surface area contributed by atoms with Gasteiger partial charge in [0, 0.05) is 46.7 Å². The third-order valence-corrected chi connectivity index (χ3v) is 5.11. The van der Waals surface area contributed by atoms with E-state index in [1.807, 2.05) is 19.1 Å². The van der Waals surface area contributed by atoms with Crippen molar-refractivity contribution < 1.29 is 0 Å². The normalized spacial score (nSPS) is 16.4. The molecule has 8 heteroatoms. The summed E-state index contributed by atoms with van der Waals surface area (Å²) in [6.07, 6.45) is 4.03. The number of hydrogen-bond donors (Lipinski definition) is 2. The van der Waals surface area contributed by atoms with Crippen molar-refractivity contribution in [1.82, 2.24) is 15.0 Å². The van der Waals surface area contributed by atoms with Crippen molar-refractivity contribution in [2.24, 2.45) is 5.92 Å². The number of aromatic nitrogens is 3. The predicted molar refractivity (Wildman–Crippen MR) is 113 cm³/mol. The molecule has 3 rings (SSSR count). The molecule has 0 aliphatic heterocycles. The maximum atomic E-state index is 8.80. The summed E-state index contributed by atoms with van der Waals surface area (Å²) in [5, 5.41) is 16.6. The summed E-state index contributed by atoms with van der Waals surface area (Å²) in [7, 11) is 0. The lowest BCUT2D eigenvalue weighted by molar-refractivity contribution is 0.726. The van der Waals surface area contributed by atoms with Crippen LogP contribution < -0.4 is 10.6 Å². The van der Waals surface area contributed by atoms with E-state index in [0.717, 1.165) is 27.9 Å². The first kappa shape index (κ1) is 20.1. The minimum Gasteiger partial charge on any atom is -0.368 e. The van der Waals surface area contributed by atoms with Gasteiger partial charge in [0.25, 0.3) is 0 Å². The van der Waals surface area contributed by atoms with Gasteiger partial charge in [-0.25, -0.2) is 15.0 Å². The molecule has 144 valence electrons. The molecule has 0 spiro atoms. The standard InChI is InChI=1S/C20H20Cl2N6/c1-12-7-15(17(22)9-16(12)21)20-27-13(2)8-19(28-20)25-6-5-24-18-4-3-14(10-23)11-26-18/h3-4,8-9,11-12H,5-7H2,1-2H3,(H,24,26)(H,25,27,28)/t12-/m0/s1. The summed E-state index contributed by atoms with van der Waals surface area (Å²) in [5.74, 6) is 2.28. The van der Waals surface area contributed by atoms with Crippen LogP contribution in [0.5, 0.6) is 0 Å². The van der Waals surface area contributed by atoms with Gasteiger partial charge >= 0.3 is 0 Å². The topological polar surface area (TPSA) is 86.5 Å². The van der Waals surface area contributed by atoms with Gasteiger partial charge in [-0.05, 0) is 37.5 Å². The van der Waals surface area contributed by atoms with Crippen molar-refractivity contribution in [1.29, 1.82) is 5.26 Å². The summed E-state index contributed by atoms with van der Waals surface area (Å²) in [5.41, 5.74) is 2.30. The van der Waals surface area contributed by atoms with E-state index >= 15 is 0 Å². The third-order valence-electron chi connectivity index (χ3n) is 4.29. The van der Waals surface area contributed by atoms with Crippen LogP contribution in [0.2, 0.25) is 0 Å². The molecule has 0 aromatic carbocycles. The van der Waals surface area contributed by atoms with E-state index in [9.17, 15) is 0 Å². The van der Waals surface area contributed by atoms with Crippen LogP contribution in [0.25, 0.3) is 5.57 Å². The first-order valence-corrected chi connectivity index (χ1v) is 9.67. The van der Waals surface area contributed by atoms with Gasteiger partial charge in [-0.15, -0.1) is 0 Å². The fraction of sp³-hybridized carbons (Fsp3) is 0.300. The Morgan fingerprint density at radius 1 is 1.18 bits per heavy atom. The number of nitrogens with one attached hydrogen (secondary N) is 2. The van der Waals surface area contributed by atoms with Gasteiger partial charge < -0.3 is 10.6 Å². The molecular weight excluding hydrogens is 395 g/mol. The summed E-state index contributed by atoms with van der Waals surface area (Å²) < 4.78 is 0. The van der Waals surface area contributed by atoms with Crippen molar-refractivity contribution in [3.05, 3.63) is 57.6 Å². The fourth-order valence-electron chi connectivity index (χ4n) is 2.79. The van der Waals surface area contributed by atoms with Gasteiger partial charge in [-0.3, -0.25) is 0 Å². The van der Waals surface area contributed by atoms with Crippen molar-refractivity contribution in [2.75, 3.05) is 23.7 Å². The molecule has 0 unspecified atom stereocenters. The number of halogens is 2. The Morgan fingerprint density at radius 3 is 2.61 bits per heavy atom. The lowest BCUT2D eigenvalue weighted by Crippen LogP contribution is -2.16. The average Bonchev–Trinajstić information content (AvgIpc) is 2.68. The maximum absolute atomic E-state index is 8.80. The number of hydrogen-bond acceptors (Lipinski definition) is 6. The highest BCUT2D eigenvalue weighted by Gasteiger charge is 2.21. The minimum atomic E-state index is 0.198. The molecule has 1 aliphatic rings. The molecule has 2 heterocycles. The third kappa shape index (κ3) is 5.00. The van der Waals surface area contributed by atoms with Crippen LogP contribution >= 0.6 is 23.2 Å². The Labute approximate surface area is 174 Å². The van der Waals surface area contributed by atoms with E-state index < -0.39 is 0 Å². The molecule has 28 heavy (non-hydrogen) atoms.